The number of sulfonamides is 1. The lowest BCUT2D eigenvalue weighted by molar-refractivity contribution is -0.122. The van der Waals surface area contributed by atoms with Gasteiger partial charge in [-0.15, -0.1) is 11.3 Å². The maximum atomic E-state index is 12.1. The highest BCUT2D eigenvalue weighted by Crippen LogP contribution is 2.29. The summed E-state index contributed by atoms with van der Waals surface area (Å²) in [6.45, 7) is 5.48. The van der Waals surface area contributed by atoms with Crippen molar-refractivity contribution in [3.05, 3.63) is 14.7 Å². The second-order valence-electron chi connectivity index (χ2n) is 3.71. The van der Waals surface area contributed by atoms with Crippen molar-refractivity contribution in [3.63, 3.8) is 0 Å². The molecule has 0 fully saturated rings. The second-order valence-corrected chi connectivity index (χ2v) is 8.03. The fraction of sp³-hybridized carbons (Fsp3) is 0.500. The second kappa shape index (κ2) is 6.14. The molecule has 0 saturated heterocycles. The number of amides is 1. The Morgan fingerprint density at radius 2 is 2.17 bits per heavy atom. The summed E-state index contributed by atoms with van der Waals surface area (Å²) < 4.78 is 27.3. The molecule has 0 aliphatic carbocycles. The number of nitrogens with one attached hydrogen (secondary N) is 2. The largest absolute Gasteiger partial charge is 0.355 e. The van der Waals surface area contributed by atoms with Crippen molar-refractivity contribution in [1.82, 2.24) is 10.0 Å². The maximum absolute atomic E-state index is 12.1. The lowest BCUT2D eigenvalue weighted by Gasteiger charge is -2.13. The summed E-state index contributed by atoms with van der Waals surface area (Å²) in [4.78, 5) is 12.4. The van der Waals surface area contributed by atoms with E-state index in [0.29, 0.717) is 11.4 Å². The zero-order valence-corrected chi connectivity index (χ0v) is 13.5. The predicted molar refractivity (Wildman–Crippen MR) is 75.2 cm³/mol. The molecule has 18 heavy (non-hydrogen) atoms. The van der Waals surface area contributed by atoms with Crippen LogP contribution in [0, 0.1) is 6.92 Å². The molecule has 0 aliphatic rings. The summed E-state index contributed by atoms with van der Waals surface area (Å²) >= 11 is 4.58. The molecule has 5 nitrogen and oxygen atoms in total. The Bertz CT molecular complexity index is 539. The number of carbonyl (C=O) groups is 1. The van der Waals surface area contributed by atoms with Crippen LogP contribution in [-0.4, -0.2) is 26.9 Å². The molecule has 0 aromatic carbocycles. The monoisotopic (exact) mass is 354 g/mol. The normalized spacial score (nSPS) is 13.3. The minimum Gasteiger partial charge on any atom is -0.355 e. The average molecular weight is 355 g/mol. The number of hydrogen-bond donors (Lipinski definition) is 2. The van der Waals surface area contributed by atoms with Crippen molar-refractivity contribution in [2.45, 2.75) is 31.7 Å². The van der Waals surface area contributed by atoms with Crippen LogP contribution in [0.5, 0.6) is 0 Å². The average Bonchev–Trinajstić information content (AvgIpc) is 2.58. The smallest absolute Gasteiger partial charge is 0.242 e. The van der Waals surface area contributed by atoms with E-state index in [1.807, 2.05) is 0 Å². The molecule has 1 heterocycles. The van der Waals surface area contributed by atoms with E-state index in [2.05, 4.69) is 26.0 Å². The first kappa shape index (κ1) is 15.6. The number of rotatable bonds is 5. The number of likely N-dealkylation sites (N-methyl/N-ethyl adjacent to an activating group) is 1. The minimum atomic E-state index is -3.66. The molecule has 2 N–H and O–H groups in total. The molecule has 1 amide bonds. The van der Waals surface area contributed by atoms with Gasteiger partial charge in [-0.2, -0.15) is 4.72 Å². The summed E-state index contributed by atoms with van der Waals surface area (Å²) in [6.07, 6.45) is 0. The molecule has 0 radical (unpaired) electrons. The molecular weight excluding hydrogens is 340 g/mol. The number of thiophene rings is 1. The molecule has 1 rings (SSSR count). The third kappa shape index (κ3) is 3.78. The molecule has 0 spiro atoms. The summed E-state index contributed by atoms with van der Waals surface area (Å²) in [6, 6.07) is 0.736. The van der Waals surface area contributed by atoms with Gasteiger partial charge in [-0.3, -0.25) is 4.79 Å². The van der Waals surface area contributed by atoms with Crippen LogP contribution >= 0.6 is 27.3 Å². The summed E-state index contributed by atoms with van der Waals surface area (Å²) in [5.41, 5.74) is 0. The van der Waals surface area contributed by atoms with Crippen LogP contribution in [-0.2, 0) is 14.8 Å². The number of aryl methyl sites for hydroxylation is 1. The fourth-order valence-corrected chi connectivity index (χ4v) is 4.99. The maximum Gasteiger partial charge on any atom is 0.242 e. The lowest BCUT2D eigenvalue weighted by atomic mass is 10.3. The zero-order chi connectivity index (χ0) is 13.9. The summed E-state index contributed by atoms with van der Waals surface area (Å²) in [5, 5.41) is 2.57. The summed E-state index contributed by atoms with van der Waals surface area (Å²) in [5.74, 6) is -0.340. The van der Waals surface area contributed by atoms with Crippen molar-refractivity contribution < 1.29 is 13.2 Å². The molecule has 0 bridgehead atoms. The Labute approximate surface area is 119 Å². The van der Waals surface area contributed by atoms with Gasteiger partial charge < -0.3 is 5.32 Å². The van der Waals surface area contributed by atoms with E-state index >= 15 is 0 Å². The molecule has 1 atom stereocenters. The van der Waals surface area contributed by atoms with Crippen LogP contribution in [0.15, 0.2) is 14.7 Å². The van der Waals surface area contributed by atoms with E-state index in [4.69, 9.17) is 0 Å². The Morgan fingerprint density at radius 3 is 2.61 bits per heavy atom. The van der Waals surface area contributed by atoms with Crippen LogP contribution in [0.1, 0.15) is 18.7 Å². The fourth-order valence-electron chi connectivity index (χ4n) is 1.37. The Balaban J connectivity index is 2.89. The van der Waals surface area contributed by atoms with Crippen LogP contribution in [0.25, 0.3) is 0 Å². The van der Waals surface area contributed by atoms with Gasteiger partial charge in [0, 0.05) is 11.4 Å². The van der Waals surface area contributed by atoms with Crippen LogP contribution in [0.2, 0.25) is 0 Å². The number of hydrogen-bond acceptors (Lipinski definition) is 4. The third-order valence-electron chi connectivity index (χ3n) is 2.21. The van der Waals surface area contributed by atoms with Crippen LogP contribution in [0.4, 0.5) is 0 Å². The van der Waals surface area contributed by atoms with Gasteiger partial charge in [-0.1, -0.05) is 0 Å². The van der Waals surface area contributed by atoms with E-state index < -0.39 is 16.1 Å². The number of halogens is 1. The topological polar surface area (TPSA) is 75.3 Å². The molecule has 102 valence electrons. The zero-order valence-electron chi connectivity index (χ0n) is 10.3. The highest BCUT2D eigenvalue weighted by atomic mass is 79.9. The van der Waals surface area contributed by atoms with Crippen molar-refractivity contribution in [2.75, 3.05) is 6.54 Å². The highest BCUT2D eigenvalue weighted by Gasteiger charge is 2.24. The molecule has 1 aromatic heterocycles. The van der Waals surface area contributed by atoms with Crippen LogP contribution in [0.3, 0.4) is 0 Å². The Kier molecular flexibility index (Phi) is 5.32. The first-order chi connectivity index (χ1) is 8.27. The third-order valence-corrected chi connectivity index (χ3v) is 5.56. The predicted octanol–water partition coefficient (Wildman–Crippen LogP) is 1.62. The molecule has 0 saturated carbocycles. The van der Waals surface area contributed by atoms with E-state index in [1.165, 1.54) is 24.3 Å². The van der Waals surface area contributed by atoms with Gasteiger partial charge in [0.05, 0.1) is 14.7 Å². The van der Waals surface area contributed by atoms with Gasteiger partial charge in [0.2, 0.25) is 15.9 Å². The molecule has 0 aliphatic heterocycles. The van der Waals surface area contributed by atoms with Gasteiger partial charge in [-0.05, 0) is 42.8 Å². The molecule has 8 heteroatoms. The Hall–Kier alpha value is -0.440. The van der Waals surface area contributed by atoms with Gasteiger partial charge in [0.25, 0.3) is 0 Å². The molecular formula is C10H15BrN2O3S2. The molecule has 1 unspecified atom stereocenters. The van der Waals surface area contributed by atoms with Gasteiger partial charge in [-0.25, -0.2) is 8.42 Å². The summed E-state index contributed by atoms with van der Waals surface area (Å²) in [7, 11) is -3.66. The number of carbonyl (C=O) groups excluding carboxylic acids is 1. The van der Waals surface area contributed by atoms with E-state index in [0.717, 1.165) is 3.79 Å². The first-order valence-corrected chi connectivity index (χ1v) is 8.43. The van der Waals surface area contributed by atoms with Crippen molar-refractivity contribution in [1.29, 1.82) is 0 Å². The van der Waals surface area contributed by atoms with Gasteiger partial charge in [0.15, 0.2) is 0 Å². The van der Waals surface area contributed by atoms with E-state index in [-0.39, 0.29) is 10.8 Å². The highest BCUT2D eigenvalue weighted by molar-refractivity contribution is 9.11. The molecule has 1 aromatic rings. The van der Waals surface area contributed by atoms with Crippen molar-refractivity contribution >= 4 is 43.2 Å². The van der Waals surface area contributed by atoms with Crippen molar-refractivity contribution in [3.8, 4) is 0 Å². The van der Waals surface area contributed by atoms with E-state index in [1.54, 1.807) is 13.8 Å². The first-order valence-electron chi connectivity index (χ1n) is 5.34. The van der Waals surface area contributed by atoms with Crippen LogP contribution < -0.4 is 10.0 Å². The van der Waals surface area contributed by atoms with Gasteiger partial charge >= 0.3 is 0 Å². The van der Waals surface area contributed by atoms with Gasteiger partial charge in [0.1, 0.15) is 0 Å². The lowest BCUT2D eigenvalue weighted by Crippen LogP contribution is -2.44. The SMILES string of the molecule is CCNC(=O)C(C)NS(=O)(=O)c1cc(Br)sc1C. The minimum absolute atomic E-state index is 0.204. The Morgan fingerprint density at radius 1 is 1.56 bits per heavy atom. The van der Waals surface area contributed by atoms with E-state index in [9.17, 15) is 13.2 Å². The van der Waals surface area contributed by atoms with Crippen molar-refractivity contribution in [2.24, 2.45) is 0 Å². The quantitative estimate of drug-likeness (QED) is 0.843. The standard InChI is InChI=1S/C10H15BrN2O3S2/c1-4-12-10(14)6(2)13-18(15,16)8-5-9(11)17-7(8)3/h5-6,13H,4H2,1-3H3,(H,12,14).